The topological polar surface area (TPSA) is 58.9 Å². The molecule has 18 heavy (non-hydrogen) atoms. The van der Waals surface area contributed by atoms with Crippen molar-refractivity contribution in [2.45, 2.75) is 38.9 Å². The van der Waals surface area contributed by atoms with E-state index in [-0.39, 0.29) is 13.2 Å². The second-order valence-electron chi connectivity index (χ2n) is 4.36. The molecule has 1 aromatic carbocycles. The van der Waals surface area contributed by atoms with Crippen molar-refractivity contribution in [1.82, 2.24) is 0 Å². The fourth-order valence-electron chi connectivity index (χ4n) is 1.60. The van der Waals surface area contributed by atoms with E-state index < -0.39 is 5.60 Å². The number of methoxy groups -OCH3 is 1. The molecule has 0 saturated heterocycles. The number of hydrogen-bond acceptors (Lipinski definition) is 4. The van der Waals surface area contributed by atoms with Crippen molar-refractivity contribution < 1.29 is 19.7 Å². The van der Waals surface area contributed by atoms with Gasteiger partial charge in [0.1, 0.15) is 6.61 Å². The average molecular weight is 254 g/mol. The van der Waals surface area contributed by atoms with Gasteiger partial charge in [-0.2, -0.15) is 0 Å². The fourth-order valence-corrected chi connectivity index (χ4v) is 1.60. The van der Waals surface area contributed by atoms with E-state index in [1.54, 1.807) is 25.3 Å². The maximum absolute atomic E-state index is 10.1. The van der Waals surface area contributed by atoms with Crippen LogP contribution in [0.4, 0.5) is 0 Å². The average Bonchev–Trinajstić information content (AvgIpc) is 2.44. The monoisotopic (exact) mass is 254 g/mol. The first kappa shape index (κ1) is 14.8. The lowest BCUT2D eigenvalue weighted by Gasteiger charge is -2.25. The van der Waals surface area contributed by atoms with E-state index in [2.05, 4.69) is 0 Å². The Morgan fingerprint density at radius 2 is 1.83 bits per heavy atom. The lowest BCUT2D eigenvalue weighted by atomic mass is 9.99. The van der Waals surface area contributed by atoms with Crippen molar-refractivity contribution in [1.29, 1.82) is 0 Å². The van der Waals surface area contributed by atoms with Crippen LogP contribution < -0.4 is 9.47 Å². The summed E-state index contributed by atoms with van der Waals surface area (Å²) in [7, 11) is 1.55. The predicted octanol–water partition coefficient (Wildman–Crippen LogP) is 2.12. The molecule has 0 bridgehead atoms. The number of rotatable bonds is 7. The molecule has 0 heterocycles. The Bertz CT molecular complexity index is 372. The maximum atomic E-state index is 10.1. The van der Waals surface area contributed by atoms with Crippen molar-refractivity contribution in [3.8, 4) is 11.5 Å². The predicted molar refractivity (Wildman–Crippen MR) is 69.9 cm³/mol. The normalized spacial score (nSPS) is 11.4. The molecule has 102 valence electrons. The molecule has 0 atom stereocenters. The van der Waals surface area contributed by atoms with Crippen LogP contribution in [0.2, 0.25) is 0 Å². The smallest absolute Gasteiger partial charge is 0.161 e. The molecule has 4 nitrogen and oxygen atoms in total. The largest absolute Gasteiger partial charge is 0.493 e. The Morgan fingerprint density at radius 1 is 1.17 bits per heavy atom. The molecule has 0 saturated carbocycles. The van der Waals surface area contributed by atoms with Gasteiger partial charge in [0.25, 0.3) is 0 Å². The molecule has 0 aliphatic carbocycles. The summed E-state index contributed by atoms with van der Waals surface area (Å²) >= 11 is 0. The highest BCUT2D eigenvalue weighted by atomic mass is 16.5. The molecule has 2 N–H and O–H groups in total. The second-order valence-corrected chi connectivity index (χ2v) is 4.36. The molecule has 1 aromatic rings. The van der Waals surface area contributed by atoms with E-state index in [4.69, 9.17) is 14.6 Å². The Hall–Kier alpha value is -1.26. The summed E-state index contributed by atoms with van der Waals surface area (Å²) < 4.78 is 10.8. The van der Waals surface area contributed by atoms with E-state index in [0.29, 0.717) is 24.3 Å². The summed E-state index contributed by atoms with van der Waals surface area (Å²) in [6, 6.07) is 5.25. The zero-order valence-electron chi connectivity index (χ0n) is 11.3. The van der Waals surface area contributed by atoms with Crippen LogP contribution in [0.5, 0.6) is 11.5 Å². The van der Waals surface area contributed by atoms with Crippen molar-refractivity contribution in [2.24, 2.45) is 0 Å². The second kappa shape index (κ2) is 6.61. The van der Waals surface area contributed by atoms with Crippen LogP contribution in [0.25, 0.3) is 0 Å². The highest BCUT2D eigenvalue weighted by Gasteiger charge is 2.23. The van der Waals surface area contributed by atoms with Crippen LogP contribution >= 0.6 is 0 Å². The Kier molecular flexibility index (Phi) is 5.44. The lowest BCUT2D eigenvalue weighted by Crippen LogP contribution is -2.34. The first-order valence-electron chi connectivity index (χ1n) is 6.21. The van der Waals surface area contributed by atoms with E-state index in [9.17, 15) is 5.11 Å². The summed E-state index contributed by atoms with van der Waals surface area (Å²) in [5.41, 5.74) is -0.0406. The molecular weight excluding hydrogens is 232 g/mol. The number of benzene rings is 1. The van der Waals surface area contributed by atoms with Gasteiger partial charge in [-0.15, -0.1) is 0 Å². The third kappa shape index (κ3) is 3.62. The van der Waals surface area contributed by atoms with E-state index >= 15 is 0 Å². The minimum Gasteiger partial charge on any atom is -0.493 e. The highest BCUT2D eigenvalue weighted by Crippen LogP contribution is 2.29. The third-order valence-electron chi connectivity index (χ3n) is 3.22. The standard InChI is InChI=1S/C14H22O4/c1-4-14(16,5-2)10-18-12-7-6-11(9-15)8-13(12)17-3/h6-8,15-16H,4-5,9-10H2,1-3H3. The third-order valence-corrected chi connectivity index (χ3v) is 3.22. The summed E-state index contributed by atoms with van der Waals surface area (Å²) in [4.78, 5) is 0. The summed E-state index contributed by atoms with van der Waals surface area (Å²) in [6.07, 6.45) is 1.28. The van der Waals surface area contributed by atoms with Gasteiger partial charge in [0.2, 0.25) is 0 Å². The molecule has 4 heteroatoms. The number of aliphatic hydroxyl groups excluding tert-OH is 1. The first-order valence-corrected chi connectivity index (χ1v) is 6.21. The van der Waals surface area contributed by atoms with Crippen LogP contribution in [-0.2, 0) is 6.61 Å². The zero-order chi connectivity index (χ0) is 13.6. The molecule has 0 amide bonds. The molecule has 0 fully saturated rings. The maximum Gasteiger partial charge on any atom is 0.161 e. The molecule has 1 rings (SSSR count). The van der Waals surface area contributed by atoms with Crippen molar-refractivity contribution in [3.63, 3.8) is 0 Å². The van der Waals surface area contributed by atoms with Crippen molar-refractivity contribution in [2.75, 3.05) is 13.7 Å². The van der Waals surface area contributed by atoms with Gasteiger partial charge in [-0.3, -0.25) is 0 Å². The van der Waals surface area contributed by atoms with E-state index in [1.165, 1.54) is 0 Å². The quantitative estimate of drug-likeness (QED) is 0.782. The molecule has 0 spiro atoms. The van der Waals surface area contributed by atoms with Gasteiger partial charge < -0.3 is 19.7 Å². The van der Waals surface area contributed by atoms with Crippen LogP contribution in [-0.4, -0.2) is 29.5 Å². The van der Waals surface area contributed by atoms with Gasteiger partial charge in [-0.1, -0.05) is 19.9 Å². The van der Waals surface area contributed by atoms with Gasteiger partial charge in [-0.25, -0.2) is 0 Å². The summed E-state index contributed by atoms with van der Waals surface area (Å²) in [5, 5.41) is 19.2. The van der Waals surface area contributed by atoms with E-state index in [0.717, 1.165) is 5.56 Å². The van der Waals surface area contributed by atoms with Crippen LogP contribution in [0, 0.1) is 0 Å². The molecule has 0 unspecified atom stereocenters. The SMILES string of the molecule is CCC(O)(CC)COc1ccc(CO)cc1OC. The Morgan fingerprint density at radius 3 is 2.33 bits per heavy atom. The highest BCUT2D eigenvalue weighted by molar-refractivity contribution is 5.42. The van der Waals surface area contributed by atoms with E-state index in [1.807, 2.05) is 13.8 Å². The molecule has 0 radical (unpaired) electrons. The first-order chi connectivity index (χ1) is 8.58. The summed E-state index contributed by atoms with van der Waals surface area (Å²) in [5.74, 6) is 1.14. The molecule has 0 aliphatic rings. The Labute approximate surface area is 108 Å². The minimum atomic E-state index is -0.805. The molecule has 0 aliphatic heterocycles. The van der Waals surface area contributed by atoms with Gasteiger partial charge in [0.05, 0.1) is 19.3 Å². The lowest BCUT2D eigenvalue weighted by molar-refractivity contribution is -0.0119. The van der Waals surface area contributed by atoms with Crippen LogP contribution in [0.1, 0.15) is 32.3 Å². The molecular formula is C14H22O4. The van der Waals surface area contributed by atoms with Crippen LogP contribution in [0.15, 0.2) is 18.2 Å². The summed E-state index contributed by atoms with van der Waals surface area (Å²) in [6.45, 7) is 4.05. The van der Waals surface area contributed by atoms with Crippen LogP contribution in [0.3, 0.4) is 0 Å². The van der Waals surface area contributed by atoms with Crippen molar-refractivity contribution in [3.05, 3.63) is 23.8 Å². The Balaban J connectivity index is 2.78. The van der Waals surface area contributed by atoms with Crippen molar-refractivity contribution >= 4 is 0 Å². The fraction of sp³-hybridized carbons (Fsp3) is 0.571. The van der Waals surface area contributed by atoms with Gasteiger partial charge >= 0.3 is 0 Å². The number of ether oxygens (including phenoxy) is 2. The molecule has 0 aromatic heterocycles. The van der Waals surface area contributed by atoms with Gasteiger partial charge in [0.15, 0.2) is 11.5 Å². The number of hydrogen-bond donors (Lipinski definition) is 2. The van der Waals surface area contributed by atoms with Gasteiger partial charge in [-0.05, 0) is 30.5 Å². The number of aliphatic hydroxyl groups is 2. The minimum absolute atomic E-state index is 0.0372. The van der Waals surface area contributed by atoms with Gasteiger partial charge in [0, 0.05) is 0 Å². The zero-order valence-corrected chi connectivity index (χ0v) is 11.3.